The topological polar surface area (TPSA) is 47.6 Å². The molecular weight excluding hydrogens is 254 g/mol. The molecule has 1 aliphatic heterocycles. The van der Waals surface area contributed by atoms with E-state index in [0.717, 1.165) is 11.3 Å². The first kappa shape index (κ1) is 12.5. The van der Waals surface area contributed by atoms with Crippen molar-refractivity contribution < 1.29 is 14.3 Å². The molecule has 0 saturated heterocycles. The first-order chi connectivity index (χ1) is 9.72. The van der Waals surface area contributed by atoms with Crippen LogP contribution in [0.3, 0.4) is 0 Å². The summed E-state index contributed by atoms with van der Waals surface area (Å²) in [5.41, 5.74) is 1.90. The summed E-state index contributed by atoms with van der Waals surface area (Å²) in [6.45, 7) is 2.22. The van der Waals surface area contributed by atoms with Crippen molar-refractivity contribution in [3.63, 3.8) is 0 Å². The van der Waals surface area contributed by atoms with Gasteiger partial charge in [-0.3, -0.25) is 4.79 Å². The Labute approximate surface area is 117 Å². The number of aryl methyl sites for hydroxylation is 1. The predicted molar refractivity (Wildman–Crippen MR) is 76.2 cm³/mol. The van der Waals surface area contributed by atoms with E-state index in [4.69, 9.17) is 9.47 Å². The molecular formula is C16H15NO3. The molecule has 0 unspecified atom stereocenters. The zero-order chi connectivity index (χ0) is 13.9. The average Bonchev–Trinajstić information content (AvgIpc) is 2.49. The van der Waals surface area contributed by atoms with E-state index < -0.39 is 6.10 Å². The van der Waals surface area contributed by atoms with Crippen LogP contribution >= 0.6 is 0 Å². The van der Waals surface area contributed by atoms with Gasteiger partial charge in [0.1, 0.15) is 6.61 Å². The minimum absolute atomic E-state index is 0.205. The molecule has 0 aliphatic carbocycles. The number of carbonyl (C=O) groups is 1. The number of para-hydroxylation sites is 2. The maximum Gasteiger partial charge on any atom is 0.269 e. The summed E-state index contributed by atoms with van der Waals surface area (Å²) >= 11 is 0. The number of nitrogens with one attached hydrogen (secondary N) is 1. The van der Waals surface area contributed by atoms with E-state index in [1.165, 1.54) is 0 Å². The van der Waals surface area contributed by atoms with Crippen LogP contribution in [0.15, 0.2) is 48.5 Å². The maximum absolute atomic E-state index is 12.1. The zero-order valence-electron chi connectivity index (χ0n) is 11.1. The smallest absolute Gasteiger partial charge is 0.269 e. The maximum atomic E-state index is 12.1. The van der Waals surface area contributed by atoms with Crippen LogP contribution in [0.5, 0.6) is 11.5 Å². The molecule has 1 aliphatic rings. The molecule has 0 radical (unpaired) electrons. The van der Waals surface area contributed by atoms with Crippen molar-refractivity contribution in [3.05, 3.63) is 54.1 Å². The molecule has 1 atom stereocenters. The normalized spacial score (nSPS) is 16.6. The second-order valence-electron chi connectivity index (χ2n) is 4.72. The van der Waals surface area contributed by atoms with Gasteiger partial charge < -0.3 is 14.8 Å². The molecule has 0 fully saturated rings. The quantitative estimate of drug-likeness (QED) is 0.912. The lowest BCUT2D eigenvalue weighted by molar-refractivity contribution is -0.125. The van der Waals surface area contributed by atoms with Crippen molar-refractivity contribution in [1.29, 1.82) is 0 Å². The largest absolute Gasteiger partial charge is 0.485 e. The Bertz CT molecular complexity index is 622. The summed E-state index contributed by atoms with van der Waals surface area (Å²) < 4.78 is 11.2. The monoisotopic (exact) mass is 269 g/mol. The van der Waals surface area contributed by atoms with Crippen LogP contribution in [0.1, 0.15) is 5.56 Å². The molecule has 20 heavy (non-hydrogen) atoms. The van der Waals surface area contributed by atoms with Crippen LogP contribution in [0.25, 0.3) is 0 Å². The number of rotatable bonds is 2. The third-order valence-electron chi connectivity index (χ3n) is 3.12. The molecule has 2 aromatic rings. The molecule has 102 valence electrons. The van der Waals surface area contributed by atoms with Crippen LogP contribution < -0.4 is 14.8 Å². The minimum atomic E-state index is -0.633. The molecule has 1 N–H and O–H groups in total. The summed E-state index contributed by atoms with van der Waals surface area (Å²) in [5, 5.41) is 2.83. The van der Waals surface area contributed by atoms with Crippen LogP contribution in [-0.4, -0.2) is 18.6 Å². The van der Waals surface area contributed by atoms with E-state index in [2.05, 4.69) is 5.32 Å². The standard InChI is InChI=1S/C16H15NO3/c1-11-6-8-12(9-7-11)17-16(18)15-10-19-13-4-2-3-5-14(13)20-15/h2-9,15H,10H2,1H3,(H,17,18)/t15-/m1/s1. The predicted octanol–water partition coefficient (Wildman–Crippen LogP) is 2.77. The van der Waals surface area contributed by atoms with Crippen molar-refractivity contribution >= 4 is 11.6 Å². The van der Waals surface area contributed by atoms with Crippen LogP contribution in [0.4, 0.5) is 5.69 Å². The number of hydrogen-bond donors (Lipinski definition) is 1. The number of anilines is 1. The highest BCUT2D eigenvalue weighted by Crippen LogP contribution is 2.31. The molecule has 0 saturated carbocycles. The van der Waals surface area contributed by atoms with E-state index in [1.54, 1.807) is 6.07 Å². The number of benzene rings is 2. The highest BCUT2D eigenvalue weighted by atomic mass is 16.6. The highest BCUT2D eigenvalue weighted by molar-refractivity contribution is 5.94. The van der Waals surface area contributed by atoms with Gasteiger partial charge in [0.25, 0.3) is 5.91 Å². The molecule has 0 bridgehead atoms. The Morgan fingerprint density at radius 3 is 2.55 bits per heavy atom. The first-order valence-corrected chi connectivity index (χ1v) is 6.48. The van der Waals surface area contributed by atoms with Crippen molar-refractivity contribution in [1.82, 2.24) is 0 Å². The summed E-state index contributed by atoms with van der Waals surface area (Å²) in [6, 6.07) is 15.0. The van der Waals surface area contributed by atoms with Gasteiger partial charge in [-0.2, -0.15) is 0 Å². The number of fused-ring (bicyclic) bond motifs is 1. The van der Waals surface area contributed by atoms with Crippen molar-refractivity contribution in [2.45, 2.75) is 13.0 Å². The molecule has 0 spiro atoms. The fraction of sp³-hybridized carbons (Fsp3) is 0.188. The number of hydrogen-bond acceptors (Lipinski definition) is 3. The Morgan fingerprint density at radius 2 is 1.80 bits per heavy atom. The summed E-state index contributed by atoms with van der Waals surface area (Å²) in [5.74, 6) is 1.07. The Kier molecular flexibility index (Phi) is 3.29. The molecule has 1 amide bonds. The number of amides is 1. The van der Waals surface area contributed by atoms with E-state index in [1.807, 2.05) is 49.4 Å². The molecule has 1 heterocycles. The number of carbonyl (C=O) groups excluding carboxylic acids is 1. The zero-order valence-corrected chi connectivity index (χ0v) is 11.1. The van der Waals surface area contributed by atoms with Gasteiger partial charge in [0.2, 0.25) is 6.10 Å². The Balaban J connectivity index is 1.68. The lowest BCUT2D eigenvalue weighted by Crippen LogP contribution is -2.40. The summed E-state index contributed by atoms with van der Waals surface area (Å²) in [7, 11) is 0. The fourth-order valence-corrected chi connectivity index (χ4v) is 2.01. The summed E-state index contributed by atoms with van der Waals surface area (Å²) in [4.78, 5) is 12.1. The highest BCUT2D eigenvalue weighted by Gasteiger charge is 2.27. The van der Waals surface area contributed by atoms with Gasteiger partial charge in [-0.05, 0) is 31.2 Å². The third kappa shape index (κ3) is 2.59. The summed E-state index contributed by atoms with van der Waals surface area (Å²) in [6.07, 6.45) is -0.633. The van der Waals surface area contributed by atoms with E-state index in [0.29, 0.717) is 11.5 Å². The van der Waals surface area contributed by atoms with Gasteiger partial charge in [0, 0.05) is 5.69 Å². The SMILES string of the molecule is Cc1ccc(NC(=O)[C@H]2COc3ccccc3O2)cc1. The lowest BCUT2D eigenvalue weighted by atomic mass is 10.2. The van der Waals surface area contributed by atoms with Gasteiger partial charge in [0.15, 0.2) is 11.5 Å². The van der Waals surface area contributed by atoms with E-state index in [9.17, 15) is 4.79 Å². The first-order valence-electron chi connectivity index (χ1n) is 6.48. The van der Waals surface area contributed by atoms with Crippen molar-refractivity contribution in [2.24, 2.45) is 0 Å². The molecule has 0 aromatic heterocycles. The van der Waals surface area contributed by atoms with Gasteiger partial charge in [-0.15, -0.1) is 0 Å². The van der Waals surface area contributed by atoms with Crippen molar-refractivity contribution in [2.75, 3.05) is 11.9 Å². The number of ether oxygens (including phenoxy) is 2. The van der Waals surface area contributed by atoms with E-state index in [-0.39, 0.29) is 12.5 Å². The van der Waals surface area contributed by atoms with Gasteiger partial charge in [-0.25, -0.2) is 0 Å². The van der Waals surface area contributed by atoms with Gasteiger partial charge in [0.05, 0.1) is 0 Å². The van der Waals surface area contributed by atoms with Gasteiger partial charge in [-0.1, -0.05) is 29.8 Å². The molecule has 3 rings (SSSR count). The van der Waals surface area contributed by atoms with Gasteiger partial charge >= 0.3 is 0 Å². The second-order valence-corrected chi connectivity index (χ2v) is 4.72. The molecule has 4 heteroatoms. The Hall–Kier alpha value is -2.49. The molecule has 2 aromatic carbocycles. The fourth-order valence-electron chi connectivity index (χ4n) is 2.01. The van der Waals surface area contributed by atoms with Crippen LogP contribution in [0.2, 0.25) is 0 Å². The van der Waals surface area contributed by atoms with Crippen LogP contribution in [-0.2, 0) is 4.79 Å². The van der Waals surface area contributed by atoms with Crippen LogP contribution in [0, 0.1) is 6.92 Å². The lowest BCUT2D eigenvalue weighted by Gasteiger charge is -2.25. The second kappa shape index (κ2) is 5.25. The van der Waals surface area contributed by atoms with E-state index >= 15 is 0 Å². The average molecular weight is 269 g/mol. The van der Waals surface area contributed by atoms with Crippen molar-refractivity contribution in [3.8, 4) is 11.5 Å². The minimum Gasteiger partial charge on any atom is -0.485 e. The third-order valence-corrected chi connectivity index (χ3v) is 3.12. The Morgan fingerprint density at radius 1 is 1.10 bits per heavy atom. The molecule has 4 nitrogen and oxygen atoms in total.